The summed E-state index contributed by atoms with van der Waals surface area (Å²) in [5.74, 6) is 0. The van der Waals surface area contributed by atoms with Crippen LogP contribution in [0.3, 0.4) is 0 Å². The van der Waals surface area contributed by atoms with E-state index in [-0.39, 0.29) is 17.1 Å². The van der Waals surface area contributed by atoms with Crippen molar-refractivity contribution in [2.75, 3.05) is 19.4 Å². The molecule has 0 amide bonds. The Morgan fingerprint density at radius 2 is 1.67 bits per heavy atom. The van der Waals surface area contributed by atoms with Gasteiger partial charge in [0, 0.05) is 17.1 Å². The zero-order valence-corrected chi connectivity index (χ0v) is 12.7. The Balaban J connectivity index is 0.00000289. The van der Waals surface area contributed by atoms with Gasteiger partial charge in [0.1, 0.15) is 0 Å². The van der Waals surface area contributed by atoms with Gasteiger partial charge in [0.15, 0.2) is 0 Å². The van der Waals surface area contributed by atoms with E-state index in [0.717, 1.165) is 5.56 Å². The summed E-state index contributed by atoms with van der Waals surface area (Å²) in [6.45, 7) is 4.42. The van der Waals surface area contributed by atoms with Gasteiger partial charge in [0.2, 0.25) is 0 Å². The fraction of sp³-hybridized carbons (Fsp3) is 0.385. The predicted molar refractivity (Wildman–Crippen MR) is 71.2 cm³/mol. The minimum atomic E-state index is -2.94. The van der Waals surface area contributed by atoms with Gasteiger partial charge in [-0.3, -0.25) is 4.57 Å². The Hall–Kier alpha value is -0.371. The molecule has 1 aromatic rings. The first-order chi connectivity index (χ1) is 8.20. The summed E-state index contributed by atoms with van der Waals surface area (Å²) in [5.41, 5.74) is 1.08. The zero-order chi connectivity index (χ0) is 12.6. The third-order valence-corrected chi connectivity index (χ3v) is 4.05. The molecular formula is C13H19FeO3P. The van der Waals surface area contributed by atoms with Crippen molar-refractivity contribution in [1.29, 1.82) is 0 Å². The van der Waals surface area contributed by atoms with Crippen molar-refractivity contribution in [1.82, 2.24) is 0 Å². The zero-order valence-electron chi connectivity index (χ0n) is 10.7. The second kappa shape index (κ2) is 9.55. The molecule has 0 unspecified atom stereocenters. The summed E-state index contributed by atoms with van der Waals surface area (Å²) in [7, 11) is -2.94. The van der Waals surface area contributed by atoms with Crippen LogP contribution in [0.5, 0.6) is 0 Å². The molecule has 0 fully saturated rings. The van der Waals surface area contributed by atoms with Gasteiger partial charge < -0.3 is 9.05 Å². The van der Waals surface area contributed by atoms with E-state index < -0.39 is 7.60 Å². The SMILES string of the molecule is CCOP(=O)(C/C=C/c1ccccc1)OCC.[Fe]. The second-order valence-corrected chi connectivity index (χ2v) is 5.55. The van der Waals surface area contributed by atoms with Crippen molar-refractivity contribution in [3.05, 3.63) is 42.0 Å². The van der Waals surface area contributed by atoms with Crippen LogP contribution in [0.25, 0.3) is 6.08 Å². The van der Waals surface area contributed by atoms with Crippen LogP contribution in [-0.2, 0) is 30.7 Å². The fourth-order valence-electron chi connectivity index (χ4n) is 1.42. The summed E-state index contributed by atoms with van der Waals surface area (Å²) >= 11 is 0. The number of hydrogen-bond acceptors (Lipinski definition) is 3. The van der Waals surface area contributed by atoms with Gasteiger partial charge in [-0.05, 0) is 19.4 Å². The second-order valence-electron chi connectivity index (χ2n) is 3.44. The Bertz CT molecular complexity index is 382. The minimum absolute atomic E-state index is 0. The van der Waals surface area contributed by atoms with E-state index in [1.807, 2.05) is 56.3 Å². The van der Waals surface area contributed by atoms with Crippen molar-refractivity contribution in [3.63, 3.8) is 0 Å². The van der Waals surface area contributed by atoms with Gasteiger partial charge in [-0.2, -0.15) is 0 Å². The van der Waals surface area contributed by atoms with Gasteiger partial charge in [0.05, 0.1) is 19.4 Å². The van der Waals surface area contributed by atoms with E-state index in [9.17, 15) is 4.57 Å². The topological polar surface area (TPSA) is 35.5 Å². The molecule has 1 rings (SSSR count). The number of hydrogen-bond donors (Lipinski definition) is 0. The fourth-order valence-corrected chi connectivity index (χ4v) is 2.85. The number of benzene rings is 1. The molecule has 0 aliphatic heterocycles. The monoisotopic (exact) mass is 310 g/mol. The molecule has 0 radical (unpaired) electrons. The molecule has 0 N–H and O–H groups in total. The van der Waals surface area contributed by atoms with Crippen molar-refractivity contribution in [2.45, 2.75) is 13.8 Å². The van der Waals surface area contributed by atoms with Crippen LogP contribution in [0.4, 0.5) is 0 Å². The largest absolute Gasteiger partial charge is 0.334 e. The van der Waals surface area contributed by atoms with Crippen LogP contribution in [0.2, 0.25) is 0 Å². The van der Waals surface area contributed by atoms with Crippen molar-refractivity contribution >= 4 is 13.7 Å². The van der Waals surface area contributed by atoms with Crippen molar-refractivity contribution in [2.24, 2.45) is 0 Å². The van der Waals surface area contributed by atoms with Gasteiger partial charge in [-0.25, -0.2) is 0 Å². The minimum Gasteiger partial charge on any atom is -0.309 e. The molecule has 0 aliphatic rings. The van der Waals surface area contributed by atoms with E-state index in [1.54, 1.807) is 0 Å². The van der Waals surface area contributed by atoms with Crippen LogP contribution >= 0.6 is 7.60 Å². The van der Waals surface area contributed by atoms with Gasteiger partial charge in [-0.15, -0.1) is 0 Å². The molecule has 0 aliphatic carbocycles. The summed E-state index contributed by atoms with van der Waals surface area (Å²) in [5, 5.41) is 0. The molecule has 0 saturated heterocycles. The average Bonchev–Trinajstić information content (AvgIpc) is 2.31. The molecule has 5 heteroatoms. The Kier molecular flexibility index (Phi) is 9.35. The third-order valence-electron chi connectivity index (χ3n) is 2.09. The van der Waals surface area contributed by atoms with Crippen molar-refractivity contribution < 1.29 is 30.7 Å². The molecule has 0 saturated carbocycles. The van der Waals surface area contributed by atoms with E-state index in [4.69, 9.17) is 9.05 Å². The molecule has 1 aromatic carbocycles. The first-order valence-corrected chi connectivity index (χ1v) is 7.52. The van der Waals surface area contributed by atoms with Gasteiger partial charge >= 0.3 is 7.60 Å². The van der Waals surface area contributed by atoms with Crippen molar-refractivity contribution in [3.8, 4) is 0 Å². The Labute approximate surface area is 120 Å². The molecule has 3 nitrogen and oxygen atoms in total. The normalized spacial score (nSPS) is 11.4. The van der Waals surface area contributed by atoms with E-state index in [2.05, 4.69) is 0 Å². The molecule has 0 spiro atoms. The van der Waals surface area contributed by atoms with E-state index in [1.165, 1.54) is 0 Å². The Morgan fingerprint density at radius 1 is 1.11 bits per heavy atom. The van der Waals surface area contributed by atoms with Crippen LogP contribution in [-0.4, -0.2) is 19.4 Å². The summed E-state index contributed by atoms with van der Waals surface area (Å²) in [6.07, 6.45) is 4.07. The maximum absolute atomic E-state index is 12.1. The molecular weight excluding hydrogens is 291 g/mol. The molecule has 18 heavy (non-hydrogen) atoms. The summed E-state index contributed by atoms with van der Waals surface area (Å²) < 4.78 is 22.5. The molecule has 0 atom stereocenters. The maximum atomic E-state index is 12.1. The van der Waals surface area contributed by atoms with Gasteiger partial charge in [-0.1, -0.05) is 42.5 Å². The van der Waals surface area contributed by atoms with E-state index in [0.29, 0.717) is 19.4 Å². The number of allylic oxidation sites excluding steroid dienone is 1. The summed E-state index contributed by atoms with van der Waals surface area (Å²) in [4.78, 5) is 0. The quantitative estimate of drug-likeness (QED) is 0.565. The molecule has 0 heterocycles. The van der Waals surface area contributed by atoms with Gasteiger partial charge in [0.25, 0.3) is 0 Å². The van der Waals surface area contributed by atoms with Crippen LogP contribution < -0.4 is 0 Å². The predicted octanol–water partition coefficient (Wildman–Crippen LogP) is 3.96. The maximum Gasteiger partial charge on any atom is 0.334 e. The molecule has 0 bridgehead atoms. The Morgan fingerprint density at radius 3 is 2.17 bits per heavy atom. The molecule has 0 aromatic heterocycles. The average molecular weight is 310 g/mol. The standard InChI is InChI=1S/C13H19O3P.Fe/c1-3-15-17(14,16-4-2)12-8-11-13-9-6-5-7-10-13;/h5-11H,3-4,12H2,1-2H3;/b11-8+;. The first-order valence-electron chi connectivity index (χ1n) is 5.80. The summed E-state index contributed by atoms with van der Waals surface area (Å²) in [6, 6.07) is 9.86. The van der Waals surface area contributed by atoms with Crippen LogP contribution in [0, 0.1) is 0 Å². The van der Waals surface area contributed by atoms with E-state index >= 15 is 0 Å². The smallest absolute Gasteiger partial charge is 0.309 e. The van der Waals surface area contributed by atoms with Crippen LogP contribution in [0.1, 0.15) is 19.4 Å². The first kappa shape index (κ1) is 17.6. The third kappa shape index (κ3) is 6.53. The van der Waals surface area contributed by atoms with Crippen LogP contribution in [0.15, 0.2) is 36.4 Å². The molecule has 102 valence electrons. The number of rotatable bonds is 7.